The fourth-order valence-corrected chi connectivity index (χ4v) is 4.06. The van der Waals surface area contributed by atoms with E-state index in [9.17, 15) is 5.11 Å². The zero-order chi connectivity index (χ0) is 16.8. The van der Waals surface area contributed by atoms with Crippen molar-refractivity contribution in [2.45, 2.75) is 65.0 Å². The molecule has 3 rings (SSSR count). The summed E-state index contributed by atoms with van der Waals surface area (Å²) in [6, 6.07) is 4.79. The van der Waals surface area contributed by atoms with Crippen LogP contribution in [0, 0.1) is 17.8 Å². The van der Waals surface area contributed by atoms with E-state index in [-0.39, 0.29) is 6.10 Å². The Balaban J connectivity index is 0.000000168. The standard InChI is InChI=1S/C10H14N2.C10H20O/c1-12-7-3-5-10(12)9-4-2-6-11-8-9;1-7(2)9-5-4-8(3)6-10(9)11/h2,4,6,8,10H,3,5,7H2,1H3;7-11H,4-6H2,1-3H3. The van der Waals surface area contributed by atoms with E-state index < -0.39 is 0 Å². The predicted octanol–water partition coefficient (Wildman–Crippen LogP) is 4.29. The highest BCUT2D eigenvalue weighted by molar-refractivity contribution is 5.14. The van der Waals surface area contributed by atoms with Crippen LogP contribution in [0.3, 0.4) is 0 Å². The molecule has 0 amide bonds. The summed E-state index contributed by atoms with van der Waals surface area (Å²) in [5.74, 6) is 1.95. The van der Waals surface area contributed by atoms with Crippen LogP contribution in [0.5, 0.6) is 0 Å². The number of likely N-dealkylation sites (tertiary alicyclic amines) is 1. The molecule has 1 aromatic heterocycles. The van der Waals surface area contributed by atoms with Crippen LogP contribution in [0.4, 0.5) is 0 Å². The smallest absolute Gasteiger partial charge is 0.0573 e. The summed E-state index contributed by atoms with van der Waals surface area (Å²) in [6.07, 6.45) is 9.92. The second kappa shape index (κ2) is 8.79. The van der Waals surface area contributed by atoms with Crippen molar-refractivity contribution in [3.8, 4) is 0 Å². The largest absolute Gasteiger partial charge is 0.393 e. The maximum atomic E-state index is 9.71. The Bertz CT molecular complexity index is 448. The number of hydrogen-bond acceptors (Lipinski definition) is 3. The topological polar surface area (TPSA) is 36.4 Å². The fourth-order valence-electron chi connectivity index (χ4n) is 4.06. The first-order valence-corrected chi connectivity index (χ1v) is 9.27. The summed E-state index contributed by atoms with van der Waals surface area (Å²) in [5, 5.41) is 9.71. The first kappa shape index (κ1) is 18.4. The van der Waals surface area contributed by atoms with Gasteiger partial charge in [0.15, 0.2) is 0 Å². The molecule has 1 aliphatic heterocycles. The van der Waals surface area contributed by atoms with Gasteiger partial charge in [-0.05, 0) is 68.7 Å². The average Bonchev–Trinajstić information content (AvgIpc) is 2.94. The van der Waals surface area contributed by atoms with Crippen LogP contribution >= 0.6 is 0 Å². The summed E-state index contributed by atoms with van der Waals surface area (Å²) < 4.78 is 0. The SMILES string of the molecule is CC1CCC(C(C)C)C(O)C1.CN1CCCC1c1cccnc1. The van der Waals surface area contributed by atoms with E-state index in [4.69, 9.17) is 0 Å². The van der Waals surface area contributed by atoms with Crippen molar-refractivity contribution < 1.29 is 5.11 Å². The molecule has 1 saturated heterocycles. The third-order valence-electron chi connectivity index (χ3n) is 5.58. The Morgan fingerprint density at radius 3 is 2.57 bits per heavy atom. The Morgan fingerprint density at radius 1 is 1.26 bits per heavy atom. The zero-order valence-corrected chi connectivity index (χ0v) is 15.3. The molecule has 1 saturated carbocycles. The number of hydrogen-bond donors (Lipinski definition) is 1. The molecule has 0 spiro atoms. The lowest BCUT2D eigenvalue weighted by molar-refractivity contribution is 0.0266. The highest BCUT2D eigenvalue weighted by Gasteiger charge is 2.28. The molecule has 130 valence electrons. The van der Waals surface area contributed by atoms with E-state index in [1.54, 1.807) is 0 Å². The van der Waals surface area contributed by atoms with Gasteiger partial charge in [-0.3, -0.25) is 9.88 Å². The van der Waals surface area contributed by atoms with Crippen molar-refractivity contribution in [3.63, 3.8) is 0 Å². The van der Waals surface area contributed by atoms with Crippen molar-refractivity contribution in [2.75, 3.05) is 13.6 Å². The minimum Gasteiger partial charge on any atom is -0.393 e. The first-order chi connectivity index (χ1) is 11.0. The van der Waals surface area contributed by atoms with Crippen molar-refractivity contribution in [2.24, 2.45) is 17.8 Å². The molecule has 3 nitrogen and oxygen atoms in total. The van der Waals surface area contributed by atoms with Crippen molar-refractivity contribution in [1.29, 1.82) is 0 Å². The van der Waals surface area contributed by atoms with Gasteiger partial charge < -0.3 is 5.11 Å². The lowest BCUT2D eigenvalue weighted by Gasteiger charge is -2.33. The van der Waals surface area contributed by atoms with Crippen LogP contribution < -0.4 is 0 Å². The number of aliphatic hydroxyl groups excluding tert-OH is 1. The van der Waals surface area contributed by atoms with E-state index in [1.807, 2.05) is 18.5 Å². The number of aliphatic hydroxyl groups is 1. The number of nitrogens with zero attached hydrogens (tertiary/aromatic N) is 2. The van der Waals surface area contributed by atoms with E-state index >= 15 is 0 Å². The van der Waals surface area contributed by atoms with E-state index in [0.717, 1.165) is 12.3 Å². The van der Waals surface area contributed by atoms with Gasteiger partial charge in [0.1, 0.15) is 0 Å². The molecule has 0 radical (unpaired) electrons. The molecule has 2 fully saturated rings. The van der Waals surface area contributed by atoms with Gasteiger partial charge in [0.2, 0.25) is 0 Å². The maximum absolute atomic E-state index is 9.71. The van der Waals surface area contributed by atoms with Gasteiger partial charge in [0.05, 0.1) is 6.10 Å². The average molecular weight is 319 g/mol. The van der Waals surface area contributed by atoms with Gasteiger partial charge in [-0.1, -0.05) is 33.3 Å². The minimum absolute atomic E-state index is 0.0289. The predicted molar refractivity (Wildman–Crippen MR) is 96.2 cm³/mol. The molecule has 1 N–H and O–H groups in total. The second-order valence-electron chi connectivity index (χ2n) is 7.82. The van der Waals surface area contributed by atoms with Gasteiger partial charge in [-0.15, -0.1) is 0 Å². The molecule has 0 aromatic carbocycles. The molecular weight excluding hydrogens is 284 g/mol. The highest BCUT2D eigenvalue weighted by atomic mass is 16.3. The zero-order valence-electron chi connectivity index (χ0n) is 15.3. The summed E-state index contributed by atoms with van der Waals surface area (Å²) in [6.45, 7) is 7.88. The molecule has 23 heavy (non-hydrogen) atoms. The molecule has 1 aliphatic carbocycles. The molecule has 3 heteroatoms. The third kappa shape index (κ3) is 5.29. The van der Waals surface area contributed by atoms with Crippen LogP contribution in [-0.2, 0) is 0 Å². The number of pyridine rings is 1. The Labute approximate surface area is 142 Å². The Kier molecular flexibility index (Phi) is 7.04. The molecular formula is C20H34N2O. The lowest BCUT2D eigenvalue weighted by atomic mass is 9.75. The quantitative estimate of drug-likeness (QED) is 0.884. The molecule has 0 bridgehead atoms. The van der Waals surface area contributed by atoms with Crippen LogP contribution in [0.15, 0.2) is 24.5 Å². The van der Waals surface area contributed by atoms with Gasteiger partial charge in [-0.2, -0.15) is 0 Å². The van der Waals surface area contributed by atoms with Crippen LogP contribution in [-0.4, -0.2) is 34.7 Å². The second-order valence-corrected chi connectivity index (χ2v) is 7.82. The lowest BCUT2D eigenvalue weighted by Crippen LogP contribution is -2.31. The van der Waals surface area contributed by atoms with Gasteiger partial charge in [-0.25, -0.2) is 0 Å². The first-order valence-electron chi connectivity index (χ1n) is 9.27. The molecule has 2 aliphatic rings. The summed E-state index contributed by atoms with van der Waals surface area (Å²) in [5.41, 5.74) is 1.36. The number of aromatic nitrogens is 1. The van der Waals surface area contributed by atoms with Crippen molar-refractivity contribution in [1.82, 2.24) is 9.88 Å². The molecule has 4 unspecified atom stereocenters. The molecule has 4 atom stereocenters. The highest BCUT2D eigenvalue weighted by Crippen LogP contribution is 2.33. The van der Waals surface area contributed by atoms with Gasteiger partial charge in [0, 0.05) is 18.4 Å². The van der Waals surface area contributed by atoms with Crippen LogP contribution in [0.2, 0.25) is 0 Å². The van der Waals surface area contributed by atoms with Gasteiger partial charge >= 0.3 is 0 Å². The monoisotopic (exact) mass is 318 g/mol. The summed E-state index contributed by atoms with van der Waals surface area (Å²) >= 11 is 0. The van der Waals surface area contributed by atoms with E-state index in [2.05, 4.69) is 43.8 Å². The van der Waals surface area contributed by atoms with E-state index in [0.29, 0.717) is 17.9 Å². The third-order valence-corrected chi connectivity index (χ3v) is 5.58. The van der Waals surface area contributed by atoms with Crippen LogP contribution in [0.25, 0.3) is 0 Å². The fraction of sp³-hybridized carbons (Fsp3) is 0.750. The Morgan fingerprint density at radius 2 is 2.04 bits per heavy atom. The molecule has 2 heterocycles. The van der Waals surface area contributed by atoms with Crippen molar-refractivity contribution >= 4 is 0 Å². The maximum Gasteiger partial charge on any atom is 0.0573 e. The Hall–Kier alpha value is -0.930. The summed E-state index contributed by atoms with van der Waals surface area (Å²) in [7, 11) is 2.19. The molecule has 1 aromatic rings. The van der Waals surface area contributed by atoms with E-state index in [1.165, 1.54) is 37.8 Å². The summed E-state index contributed by atoms with van der Waals surface area (Å²) in [4.78, 5) is 6.54. The van der Waals surface area contributed by atoms with Gasteiger partial charge in [0.25, 0.3) is 0 Å². The van der Waals surface area contributed by atoms with Crippen molar-refractivity contribution in [3.05, 3.63) is 30.1 Å². The number of rotatable bonds is 2. The normalized spacial score (nSPS) is 31.7. The van der Waals surface area contributed by atoms with Crippen LogP contribution in [0.1, 0.15) is 64.5 Å². The minimum atomic E-state index is -0.0289.